The molecule has 0 heterocycles. The SMILES string of the molecule is CC1(C)CCCC1NCc1ccc(Cl)cc1Br. The topological polar surface area (TPSA) is 12.0 Å². The smallest absolute Gasteiger partial charge is 0.0417 e. The lowest BCUT2D eigenvalue weighted by atomic mass is 9.87. The van der Waals surface area contributed by atoms with Crippen molar-refractivity contribution in [2.75, 3.05) is 0 Å². The predicted octanol–water partition coefficient (Wildman–Crippen LogP) is 4.77. The summed E-state index contributed by atoms with van der Waals surface area (Å²) in [6.45, 7) is 5.62. The fourth-order valence-corrected chi connectivity index (χ4v) is 3.43. The van der Waals surface area contributed by atoms with Crippen LogP contribution in [0.15, 0.2) is 22.7 Å². The summed E-state index contributed by atoms with van der Waals surface area (Å²) in [5.74, 6) is 0. The monoisotopic (exact) mass is 315 g/mol. The van der Waals surface area contributed by atoms with Gasteiger partial charge in [-0.1, -0.05) is 53.9 Å². The molecule has 0 saturated heterocycles. The molecule has 0 aromatic heterocycles. The molecule has 0 amide bonds. The third-order valence-corrected chi connectivity index (χ3v) is 4.78. The molecule has 1 atom stereocenters. The van der Waals surface area contributed by atoms with E-state index >= 15 is 0 Å². The maximum atomic E-state index is 5.94. The van der Waals surface area contributed by atoms with Gasteiger partial charge in [-0.15, -0.1) is 0 Å². The molecular weight excluding hydrogens is 298 g/mol. The Bertz CT molecular complexity index is 403. The maximum absolute atomic E-state index is 5.94. The molecule has 0 radical (unpaired) electrons. The molecule has 1 N–H and O–H groups in total. The zero-order valence-electron chi connectivity index (χ0n) is 10.4. The standard InChI is InChI=1S/C14H19BrClN/c1-14(2)7-3-4-13(14)17-9-10-5-6-11(16)8-12(10)15/h5-6,8,13,17H,3-4,7,9H2,1-2H3. The lowest BCUT2D eigenvalue weighted by molar-refractivity contribution is 0.282. The van der Waals surface area contributed by atoms with Crippen molar-refractivity contribution in [3.8, 4) is 0 Å². The van der Waals surface area contributed by atoms with Gasteiger partial charge < -0.3 is 5.32 Å². The highest BCUT2D eigenvalue weighted by Gasteiger charge is 2.33. The first-order valence-corrected chi connectivity index (χ1v) is 7.33. The minimum atomic E-state index is 0.429. The van der Waals surface area contributed by atoms with Gasteiger partial charge >= 0.3 is 0 Å². The third kappa shape index (κ3) is 3.24. The average molecular weight is 317 g/mol. The second-order valence-electron chi connectivity index (χ2n) is 5.55. The van der Waals surface area contributed by atoms with Crippen LogP contribution in [0.25, 0.3) is 0 Å². The summed E-state index contributed by atoms with van der Waals surface area (Å²) >= 11 is 9.50. The number of hydrogen-bond donors (Lipinski definition) is 1. The molecule has 1 aliphatic carbocycles. The lowest BCUT2D eigenvalue weighted by Gasteiger charge is -2.28. The molecule has 1 unspecified atom stereocenters. The first-order chi connectivity index (χ1) is 7.99. The number of benzene rings is 1. The minimum absolute atomic E-state index is 0.429. The number of rotatable bonds is 3. The van der Waals surface area contributed by atoms with E-state index in [0.717, 1.165) is 16.0 Å². The van der Waals surface area contributed by atoms with Gasteiger partial charge in [0.05, 0.1) is 0 Å². The molecule has 0 spiro atoms. The fourth-order valence-electron chi connectivity index (χ4n) is 2.60. The van der Waals surface area contributed by atoms with Crippen molar-refractivity contribution in [2.45, 2.75) is 45.7 Å². The second kappa shape index (κ2) is 5.29. The Labute approximate surface area is 117 Å². The van der Waals surface area contributed by atoms with Crippen LogP contribution in [0.1, 0.15) is 38.7 Å². The van der Waals surface area contributed by atoms with Crippen molar-refractivity contribution in [3.05, 3.63) is 33.3 Å². The summed E-state index contributed by atoms with van der Waals surface area (Å²) < 4.78 is 1.09. The van der Waals surface area contributed by atoms with E-state index < -0.39 is 0 Å². The summed E-state index contributed by atoms with van der Waals surface area (Å²) in [5, 5.41) is 4.45. The van der Waals surface area contributed by atoms with Crippen LogP contribution in [-0.2, 0) is 6.54 Å². The number of halogens is 2. The minimum Gasteiger partial charge on any atom is -0.309 e. The van der Waals surface area contributed by atoms with Crippen LogP contribution in [0.3, 0.4) is 0 Å². The van der Waals surface area contributed by atoms with E-state index in [-0.39, 0.29) is 0 Å². The molecule has 1 fully saturated rings. The molecule has 1 saturated carbocycles. The first-order valence-electron chi connectivity index (χ1n) is 6.16. The van der Waals surface area contributed by atoms with Gasteiger partial charge in [-0.05, 0) is 36.0 Å². The van der Waals surface area contributed by atoms with Crippen LogP contribution >= 0.6 is 27.5 Å². The molecule has 1 aliphatic rings. The van der Waals surface area contributed by atoms with E-state index in [1.165, 1.54) is 24.8 Å². The van der Waals surface area contributed by atoms with E-state index in [1.807, 2.05) is 12.1 Å². The summed E-state index contributed by atoms with van der Waals surface area (Å²) in [6.07, 6.45) is 3.96. The number of hydrogen-bond acceptors (Lipinski definition) is 1. The zero-order valence-corrected chi connectivity index (χ0v) is 12.7. The molecule has 3 heteroatoms. The van der Waals surface area contributed by atoms with Crippen molar-refractivity contribution in [1.82, 2.24) is 5.32 Å². The van der Waals surface area contributed by atoms with E-state index in [4.69, 9.17) is 11.6 Å². The molecule has 94 valence electrons. The average Bonchev–Trinajstić information content (AvgIpc) is 2.57. The summed E-state index contributed by atoms with van der Waals surface area (Å²) in [4.78, 5) is 0. The molecule has 2 rings (SSSR count). The van der Waals surface area contributed by atoms with Crippen LogP contribution in [-0.4, -0.2) is 6.04 Å². The highest BCUT2D eigenvalue weighted by Crippen LogP contribution is 2.37. The van der Waals surface area contributed by atoms with Crippen molar-refractivity contribution in [3.63, 3.8) is 0 Å². The molecule has 1 nitrogen and oxygen atoms in total. The molecular formula is C14H19BrClN. The van der Waals surface area contributed by atoms with Crippen LogP contribution < -0.4 is 5.32 Å². The summed E-state index contributed by atoms with van der Waals surface area (Å²) in [5.41, 5.74) is 1.70. The first kappa shape index (κ1) is 13.4. The van der Waals surface area contributed by atoms with Crippen LogP contribution in [0.5, 0.6) is 0 Å². The normalized spacial score (nSPS) is 22.9. The largest absolute Gasteiger partial charge is 0.309 e. The third-order valence-electron chi connectivity index (χ3n) is 3.81. The van der Waals surface area contributed by atoms with Crippen molar-refractivity contribution in [2.24, 2.45) is 5.41 Å². The molecule has 0 bridgehead atoms. The predicted molar refractivity (Wildman–Crippen MR) is 77.4 cm³/mol. The Balaban J connectivity index is 1.98. The maximum Gasteiger partial charge on any atom is 0.0417 e. The lowest BCUT2D eigenvalue weighted by Crippen LogP contribution is -2.37. The highest BCUT2D eigenvalue weighted by atomic mass is 79.9. The Kier molecular flexibility index (Phi) is 4.17. The Morgan fingerprint density at radius 2 is 2.24 bits per heavy atom. The van der Waals surface area contributed by atoms with Crippen LogP contribution in [0.4, 0.5) is 0 Å². The van der Waals surface area contributed by atoms with Gasteiger partial charge in [0.25, 0.3) is 0 Å². The Morgan fingerprint density at radius 1 is 1.47 bits per heavy atom. The Morgan fingerprint density at radius 3 is 2.82 bits per heavy atom. The van der Waals surface area contributed by atoms with Gasteiger partial charge in [0.15, 0.2) is 0 Å². The van der Waals surface area contributed by atoms with Crippen LogP contribution in [0, 0.1) is 5.41 Å². The fraction of sp³-hybridized carbons (Fsp3) is 0.571. The second-order valence-corrected chi connectivity index (χ2v) is 6.84. The van der Waals surface area contributed by atoms with E-state index in [0.29, 0.717) is 11.5 Å². The Hall–Kier alpha value is -0.0500. The van der Waals surface area contributed by atoms with E-state index in [1.54, 1.807) is 0 Å². The highest BCUT2D eigenvalue weighted by molar-refractivity contribution is 9.10. The molecule has 0 aliphatic heterocycles. The molecule has 17 heavy (non-hydrogen) atoms. The quantitative estimate of drug-likeness (QED) is 0.847. The van der Waals surface area contributed by atoms with Crippen molar-refractivity contribution >= 4 is 27.5 Å². The van der Waals surface area contributed by atoms with Crippen molar-refractivity contribution in [1.29, 1.82) is 0 Å². The van der Waals surface area contributed by atoms with E-state index in [2.05, 4.69) is 41.2 Å². The van der Waals surface area contributed by atoms with Gasteiger partial charge in [-0.3, -0.25) is 0 Å². The van der Waals surface area contributed by atoms with E-state index in [9.17, 15) is 0 Å². The summed E-state index contributed by atoms with van der Waals surface area (Å²) in [6, 6.07) is 6.62. The van der Waals surface area contributed by atoms with Gasteiger partial charge in [0, 0.05) is 22.1 Å². The van der Waals surface area contributed by atoms with Gasteiger partial charge in [-0.25, -0.2) is 0 Å². The number of nitrogens with one attached hydrogen (secondary N) is 1. The van der Waals surface area contributed by atoms with Gasteiger partial charge in [0.2, 0.25) is 0 Å². The molecule has 1 aromatic carbocycles. The summed E-state index contributed by atoms with van der Waals surface area (Å²) in [7, 11) is 0. The van der Waals surface area contributed by atoms with Gasteiger partial charge in [-0.2, -0.15) is 0 Å². The van der Waals surface area contributed by atoms with Crippen molar-refractivity contribution < 1.29 is 0 Å². The van der Waals surface area contributed by atoms with Crippen LogP contribution in [0.2, 0.25) is 5.02 Å². The zero-order chi connectivity index (χ0) is 12.5. The van der Waals surface area contributed by atoms with Gasteiger partial charge in [0.1, 0.15) is 0 Å². The molecule has 1 aromatic rings.